The molecule has 0 saturated carbocycles. The van der Waals surface area contributed by atoms with E-state index in [1.165, 1.54) is 56.1 Å². The minimum atomic E-state index is -0.506. The molecule has 0 aliphatic carbocycles. The second kappa shape index (κ2) is 8.64. The van der Waals surface area contributed by atoms with Crippen molar-refractivity contribution in [2.75, 3.05) is 17.7 Å². The maximum atomic E-state index is 14.0. The van der Waals surface area contributed by atoms with Gasteiger partial charge in [0.1, 0.15) is 5.82 Å². The third-order valence-corrected chi connectivity index (χ3v) is 3.98. The lowest BCUT2D eigenvalue weighted by atomic mass is 10.1. The van der Waals surface area contributed by atoms with Crippen LogP contribution in [-0.2, 0) is 16.1 Å². The molecule has 3 amide bonds. The summed E-state index contributed by atoms with van der Waals surface area (Å²) in [5.74, 6) is -1.57. The Morgan fingerprint density at radius 3 is 2.07 bits per heavy atom. The Balaban J connectivity index is 2.32. The van der Waals surface area contributed by atoms with E-state index in [4.69, 9.17) is 11.6 Å². The van der Waals surface area contributed by atoms with Gasteiger partial charge in [-0.05, 0) is 30.3 Å². The Morgan fingerprint density at radius 2 is 1.59 bits per heavy atom. The van der Waals surface area contributed by atoms with Gasteiger partial charge >= 0.3 is 0 Å². The van der Waals surface area contributed by atoms with E-state index in [1.807, 2.05) is 0 Å². The molecule has 6 nitrogen and oxygen atoms in total. The van der Waals surface area contributed by atoms with Crippen molar-refractivity contribution >= 4 is 40.7 Å². The molecule has 0 heterocycles. The highest BCUT2D eigenvalue weighted by molar-refractivity contribution is 6.31. The van der Waals surface area contributed by atoms with E-state index in [0.29, 0.717) is 11.4 Å². The monoisotopic (exact) mass is 391 g/mol. The molecule has 0 atom stereocenters. The molecule has 2 aromatic rings. The number of halogens is 2. The third kappa shape index (κ3) is 5.52. The van der Waals surface area contributed by atoms with E-state index in [0.717, 1.165) is 0 Å². The highest BCUT2D eigenvalue weighted by atomic mass is 35.5. The molecule has 0 fully saturated rings. The fourth-order valence-electron chi connectivity index (χ4n) is 2.51. The van der Waals surface area contributed by atoms with Crippen LogP contribution in [0.15, 0.2) is 36.4 Å². The van der Waals surface area contributed by atoms with E-state index < -0.39 is 11.7 Å². The van der Waals surface area contributed by atoms with Gasteiger partial charge in [-0.1, -0.05) is 17.7 Å². The third-order valence-electron chi connectivity index (χ3n) is 3.62. The number of hydrogen-bond acceptors (Lipinski definition) is 3. The molecule has 142 valence electrons. The lowest BCUT2D eigenvalue weighted by Gasteiger charge is -2.19. The normalized spacial score (nSPS) is 10.3. The van der Waals surface area contributed by atoms with Crippen LogP contribution in [0.5, 0.6) is 0 Å². The van der Waals surface area contributed by atoms with E-state index in [2.05, 4.69) is 10.6 Å². The van der Waals surface area contributed by atoms with E-state index in [9.17, 15) is 18.8 Å². The molecular formula is C19H19ClFN3O3. The molecule has 2 aromatic carbocycles. The summed E-state index contributed by atoms with van der Waals surface area (Å²) < 4.78 is 14.0. The molecule has 0 aromatic heterocycles. The van der Waals surface area contributed by atoms with Gasteiger partial charge in [-0.3, -0.25) is 14.4 Å². The zero-order chi connectivity index (χ0) is 20.1. The lowest BCUT2D eigenvalue weighted by Crippen LogP contribution is -2.27. The molecule has 0 aliphatic rings. The zero-order valence-corrected chi connectivity index (χ0v) is 15.9. The standard InChI is InChI=1S/C19H19ClFN3O3/c1-11(25)22-14-7-13(8-15(9-14)23-12(2)26)19(27)24(3)10-16-17(20)5-4-6-18(16)21/h4-9H,10H2,1-3H3,(H,22,25)(H,23,26). The van der Waals surface area contributed by atoms with Crippen molar-refractivity contribution < 1.29 is 18.8 Å². The molecule has 0 bridgehead atoms. The van der Waals surface area contributed by atoms with Crippen LogP contribution in [0.25, 0.3) is 0 Å². The molecule has 0 radical (unpaired) electrons. The van der Waals surface area contributed by atoms with Gasteiger partial charge in [0.05, 0.1) is 0 Å². The van der Waals surface area contributed by atoms with E-state index in [-0.39, 0.29) is 34.5 Å². The smallest absolute Gasteiger partial charge is 0.254 e. The van der Waals surface area contributed by atoms with Crippen molar-refractivity contribution in [1.29, 1.82) is 0 Å². The first kappa shape index (κ1) is 20.4. The Labute approximate surface area is 161 Å². The summed E-state index contributed by atoms with van der Waals surface area (Å²) in [6.07, 6.45) is 0. The predicted molar refractivity (Wildman–Crippen MR) is 102 cm³/mol. The Bertz CT molecular complexity index is 847. The van der Waals surface area contributed by atoms with Gasteiger partial charge in [0, 0.05) is 55.0 Å². The molecule has 8 heteroatoms. The zero-order valence-electron chi connectivity index (χ0n) is 15.1. The fraction of sp³-hybridized carbons (Fsp3) is 0.211. The van der Waals surface area contributed by atoms with Crippen LogP contribution in [-0.4, -0.2) is 29.7 Å². The maximum absolute atomic E-state index is 14.0. The van der Waals surface area contributed by atoms with Gasteiger partial charge < -0.3 is 15.5 Å². The number of carbonyl (C=O) groups excluding carboxylic acids is 3. The van der Waals surface area contributed by atoms with E-state index in [1.54, 1.807) is 6.07 Å². The summed E-state index contributed by atoms with van der Waals surface area (Å²) in [6.45, 7) is 2.63. The number of benzene rings is 2. The van der Waals surface area contributed by atoms with Crippen LogP contribution in [0.4, 0.5) is 15.8 Å². The molecular weight excluding hydrogens is 373 g/mol. The van der Waals surface area contributed by atoms with Crippen LogP contribution >= 0.6 is 11.6 Å². The SMILES string of the molecule is CC(=O)Nc1cc(NC(C)=O)cc(C(=O)N(C)Cc2c(F)cccc2Cl)c1. The van der Waals surface area contributed by atoms with Gasteiger partial charge in [-0.25, -0.2) is 4.39 Å². The molecule has 0 unspecified atom stereocenters. The first-order valence-corrected chi connectivity index (χ1v) is 8.43. The first-order valence-electron chi connectivity index (χ1n) is 8.06. The summed E-state index contributed by atoms with van der Waals surface area (Å²) in [4.78, 5) is 36.7. The van der Waals surface area contributed by atoms with Crippen LogP contribution < -0.4 is 10.6 Å². The lowest BCUT2D eigenvalue weighted by molar-refractivity contribution is -0.115. The van der Waals surface area contributed by atoms with Crippen molar-refractivity contribution in [2.24, 2.45) is 0 Å². The summed E-state index contributed by atoms with van der Waals surface area (Å²) in [7, 11) is 1.51. The van der Waals surface area contributed by atoms with Gasteiger partial charge in [0.2, 0.25) is 11.8 Å². The average molecular weight is 392 g/mol. The number of carbonyl (C=O) groups is 3. The number of nitrogens with one attached hydrogen (secondary N) is 2. The molecule has 2 rings (SSSR count). The highest BCUT2D eigenvalue weighted by Gasteiger charge is 2.17. The van der Waals surface area contributed by atoms with Crippen LogP contribution in [0.3, 0.4) is 0 Å². The van der Waals surface area contributed by atoms with E-state index >= 15 is 0 Å². The van der Waals surface area contributed by atoms with Crippen LogP contribution in [0, 0.1) is 5.82 Å². The van der Waals surface area contributed by atoms with Crippen molar-refractivity contribution in [1.82, 2.24) is 4.90 Å². The summed E-state index contributed by atoms with van der Waals surface area (Å²) in [6, 6.07) is 8.80. The fourth-order valence-corrected chi connectivity index (χ4v) is 2.74. The summed E-state index contributed by atoms with van der Waals surface area (Å²) >= 11 is 6.02. The topological polar surface area (TPSA) is 78.5 Å². The largest absolute Gasteiger partial charge is 0.337 e. The van der Waals surface area contributed by atoms with Crippen LogP contribution in [0.1, 0.15) is 29.8 Å². The van der Waals surface area contributed by atoms with Gasteiger partial charge in [0.15, 0.2) is 0 Å². The first-order chi connectivity index (χ1) is 12.7. The Hall–Kier alpha value is -2.93. The summed E-state index contributed by atoms with van der Waals surface area (Å²) in [5, 5.41) is 5.38. The average Bonchev–Trinajstić information content (AvgIpc) is 2.56. The van der Waals surface area contributed by atoms with Crippen molar-refractivity contribution in [3.8, 4) is 0 Å². The Kier molecular flexibility index (Phi) is 6.52. The van der Waals surface area contributed by atoms with Crippen LogP contribution in [0.2, 0.25) is 5.02 Å². The van der Waals surface area contributed by atoms with Crippen molar-refractivity contribution in [3.05, 3.63) is 58.4 Å². The molecule has 0 saturated heterocycles. The maximum Gasteiger partial charge on any atom is 0.254 e. The van der Waals surface area contributed by atoms with Crippen molar-refractivity contribution in [2.45, 2.75) is 20.4 Å². The second-order valence-corrected chi connectivity index (χ2v) is 6.43. The summed E-state index contributed by atoms with van der Waals surface area (Å²) in [5.41, 5.74) is 1.14. The van der Waals surface area contributed by atoms with Gasteiger partial charge in [-0.15, -0.1) is 0 Å². The quantitative estimate of drug-likeness (QED) is 0.816. The van der Waals surface area contributed by atoms with Gasteiger partial charge in [-0.2, -0.15) is 0 Å². The number of rotatable bonds is 5. The Morgan fingerprint density at radius 1 is 1.04 bits per heavy atom. The predicted octanol–water partition coefficient (Wildman–Crippen LogP) is 3.67. The molecule has 0 aliphatic heterocycles. The molecule has 0 spiro atoms. The number of amides is 3. The molecule has 2 N–H and O–H groups in total. The minimum Gasteiger partial charge on any atom is -0.337 e. The van der Waals surface area contributed by atoms with Gasteiger partial charge in [0.25, 0.3) is 5.91 Å². The number of hydrogen-bond donors (Lipinski definition) is 2. The number of nitrogens with zero attached hydrogens (tertiary/aromatic N) is 1. The second-order valence-electron chi connectivity index (χ2n) is 6.02. The number of anilines is 2. The molecule has 27 heavy (non-hydrogen) atoms. The van der Waals surface area contributed by atoms with Crippen molar-refractivity contribution in [3.63, 3.8) is 0 Å². The minimum absolute atomic E-state index is 0.0375. The highest BCUT2D eigenvalue weighted by Crippen LogP contribution is 2.23.